The fourth-order valence-electron chi connectivity index (χ4n) is 7.24. The third-order valence-corrected chi connectivity index (χ3v) is 11.2. The minimum Gasteiger partial charge on any atom is -0.479 e. The van der Waals surface area contributed by atoms with E-state index in [0.29, 0.717) is 19.3 Å². The first-order chi connectivity index (χ1) is 32.2. The summed E-state index contributed by atoms with van der Waals surface area (Å²) in [6, 6.07) is 0. The molecule has 0 saturated carbocycles. The van der Waals surface area contributed by atoms with Gasteiger partial charge in [0, 0.05) is 12.8 Å². The van der Waals surface area contributed by atoms with E-state index in [2.05, 4.69) is 92.8 Å². The number of allylic oxidation sites excluding steroid dienone is 14. The SMILES string of the molecule is CC/C=C\C/C=C\C/C=C\C/C=C\C/C=C\CCCC(=O)OCC(COC1OC(C(=O)O)C(O)C(O)C1O)OC(=O)CCCCCCCCCCCCC/C=C\C/C=C\CCCCCCC. The van der Waals surface area contributed by atoms with E-state index >= 15 is 0 Å². The number of aliphatic carboxylic acids is 1. The Hall–Kier alpha value is -3.61. The zero-order valence-electron chi connectivity index (χ0n) is 40.9. The average molecular weight is 927 g/mol. The first kappa shape index (κ1) is 60.4. The van der Waals surface area contributed by atoms with Gasteiger partial charge < -0.3 is 39.4 Å². The molecule has 0 bridgehead atoms. The number of esters is 2. The van der Waals surface area contributed by atoms with Crippen LogP contribution in [0.3, 0.4) is 0 Å². The van der Waals surface area contributed by atoms with Gasteiger partial charge in [-0.1, -0.05) is 182 Å². The van der Waals surface area contributed by atoms with Gasteiger partial charge in [-0.05, 0) is 83.5 Å². The molecule has 0 aromatic heterocycles. The number of carbonyl (C=O) groups is 3. The van der Waals surface area contributed by atoms with E-state index in [1.54, 1.807) is 0 Å². The zero-order valence-corrected chi connectivity index (χ0v) is 40.9. The minimum atomic E-state index is -1.87. The number of carboxylic acid groups (broad SMARTS) is 1. The third kappa shape index (κ3) is 34.7. The monoisotopic (exact) mass is 927 g/mol. The van der Waals surface area contributed by atoms with E-state index in [1.165, 1.54) is 89.9 Å². The summed E-state index contributed by atoms with van der Waals surface area (Å²) in [5.74, 6) is -2.53. The van der Waals surface area contributed by atoms with Crippen LogP contribution in [-0.2, 0) is 33.3 Å². The summed E-state index contributed by atoms with van der Waals surface area (Å²) in [7, 11) is 0. The molecule has 0 radical (unpaired) electrons. The average Bonchev–Trinajstić information content (AvgIpc) is 3.30. The molecule has 0 aromatic rings. The van der Waals surface area contributed by atoms with Crippen LogP contribution in [0.25, 0.3) is 0 Å². The predicted molar refractivity (Wildman–Crippen MR) is 266 cm³/mol. The predicted octanol–water partition coefficient (Wildman–Crippen LogP) is 12.2. The van der Waals surface area contributed by atoms with E-state index in [4.69, 9.17) is 18.9 Å². The number of unbranched alkanes of at least 4 members (excludes halogenated alkanes) is 17. The Labute approximate surface area is 399 Å². The number of carboxylic acids is 1. The molecule has 11 heteroatoms. The largest absolute Gasteiger partial charge is 0.479 e. The smallest absolute Gasteiger partial charge is 0.335 e. The van der Waals surface area contributed by atoms with Gasteiger partial charge >= 0.3 is 17.9 Å². The first-order valence-corrected chi connectivity index (χ1v) is 25.6. The molecule has 11 nitrogen and oxygen atoms in total. The molecular formula is C55H90O11. The highest BCUT2D eigenvalue weighted by atomic mass is 16.7. The van der Waals surface area contributed by atoms with Crippen molar-refractivity contribution in [2.24, 2.45) is 0 Å². The molecule has 6 atom stereocenters. The lowest BCUT2D eigenvalue weighted by atomic mass is 9.99. The first-order valence-electron chi connectivity index (χ1n) is 25.6. The number of rotatable bonds is 42. The maximum Gasteiger partial charge on any atom is 0.335 e. The van der Waals surface area contributed by atoms with Gasteiger partial charge in [-0.25, -0.2) is 4.79 Å². The Bertz CT molecular complexity index is 1410. The summed E-state index contributed by atoms with van der Waals surface area (Å²) >= 11 is 0. The van der Waals surface area contributed by atoms with Crippen LogP contribution in [0.5, 0.6) is 0 Å². The standard InChI is InChI=1S/C55H90O11/c1-3-5-7-9-11-13-15-17-19-21-22-23-24-25-26-28-30-32-34-36-38-40-42-44-49(57)65-47(46-64-55-52(60)50(58)51(59)53(66-55)54(61)62)45-63-48(56)43-41-39-37-35-33-31-29-27-20-18-16-14-12-10-8-6-4-2/h6,8,12,14-15,17-18,20-22,29,31,35,37,47,50-53,55,58-60H,3-5,7,9-11,13,16,19,23-28,30,32-34,36,38-46H2,1-2H3,(H,61,62)/b8-6-,14-12-,17-15-,20-18-,22-21-,31-29-,37-35-. The number of hydrogen-bond donors (Lipinski definition) is 4. The van der Waals surface area contributed by atoms with Crippen molar-refractivity contribution < 1.29 is 53.8 Å². The van der Waals surface area contributed by atoms with Crippen LogP contribution >= 0.6 is 0 Å². The van der Waals surface area contributed by atoms with Crippen LogP contribution in [0.15, 0.2) is 85.1 Å². The van der Waals surface area contributed by atoms with Crippen molar-refractivity contribution in [2.75, 3.05) is 13.2 Å². The zero-order chi connectivity index (χ0) is 48.1. The Morgan fingerprint density at radius 1 is 0.485 bits per heavy atom. The lowest BCUT2D eigenvalue weighted by molar-refractivity contribution is -0.298. The number of aliphatic hydroxyl groups excluding tert-OH is 3. The summed E-state index contributed by atoms with van der Waals surface area (Å²) in [4.78, 5) is 37.0. The van der Waals surface area contributed by atoms with Gasteiger partial charge in [0.2, 0.25) is 0 Å². The van der Waals surface area contributed by atoms with Crippen LogP contribution in [0.4, 0.5) is 0 Å². The highest BCUT2D eigenvalue weighted by Crippen LogP contribution is 2.23. The second kappa shape index (κ2) is 43.9. The lowest BCUT2D eigenvalue weighted by Gasteiger charge is -2.38. The highest BCUT2D eigenvalue weighted by Gasteiger charge is 2.47. The molecule has 1 fully saturated rings. The molecule has 66 heavy (non-hydrogen) atoms. The van der Waals surface area contributed by atoms with Crippen molar-refractivity contribution in [3.05, 3.63) is 85.1 Å². The van der Waals surface area contributed by atoms with Crippen molar-refractivity contribution in [3.63, 3.8) is 0 Å². The fraction of sp³-hybridized carbons (Fsp3) is 0.691. The number of carbonyl (C=O) groups excluding carboxylic acids is 2. The Kier molecular flexibility index (Phi) is 40.2. The van der Waals surface area contributed by atoms with Gasteiger partial charge in [0.15, 0.2) is 18.5 Å². The topological polar surface area (TPSA) is 169 Å². The molecule has 0 amide bonds. The molecule has 1 aliphatic heterocycles. The molecule has 0 spiro atoms. The molecule has 1 saturated heterocycles. The molecular weight excluding hydrogens is 837 g/mol. The van der Waals surface area contributed by atoms with Crippen LogP contribution in [0.2, 0.25) is 0 Å². The van der Waals surface area contributed by atoms with Gasteiger partial charge in [0.05, 0.1) is 6.61 Å². The molecule has 6 unspecified atom stereocenters. The number of hydrogen-bond acceptors (Lipinski definition) is 10. The maximum absolute atomic E-state index is 12.8. The van der Waals surface area contributed by atoms with Crippen molar-refractivity contribution in [1.82, 2.24) is 0 Å². The second-order valence-electron chi connectivity index (χ2n) is 17.3. The summed E-state index contributed by atoms with van der Waals surface area (Å²) < 4.78 is 21.8. The minimum absolute atomic E-state index is 0.153. The molecule has 1 aliphatic rings. The number of ether oxygens (including phenoxy) is 4. The summed E-state index contributed by atoms with van der Waals surface area (Å²) in [6.07, 6.45) is 49.2. The Balaban J connectivity index is 2.33. The normalized spacial score (nSPS) is 19.8. The van der Waals surface area contributed by atoms with Gasteiger partial charge in [0.25, 0.3) is 0 Å². The van der Waals surface area contributed by atoms with E-state index in [-0.39, 0.29) is 19.4 Å². The van der Waals surface area contributed by atoms with Crippen LogP contribution in [-0.4, -0.2) is 88.4 Å². The van der Waals surface area contributed by atoms with Gasteiger partial charge in [-0.2, -0.15) is 0 Å². The van der Waals surface area contributed by atoms with Crippen molar-refractivity contribution in [1.29, 1.82) is 0 Å². The summed E-state index contributed by atoms with van der Waals surface area (Å²) in [6.45, 7) is 3.65. The second-order valence-corrected chi connectivity index (χ2v) is 17.3. The summed E-state index contributed by atoms with van der Waals surface area (Å²) in [5.41, 5.74) is 0. The molecule has 0 aliphatic carbocycles. The van der Waals surface area contributed by atoms with Crippen LogP contribution in [0, 0.1) is 0 Å². The van der Waals surface area contributed by atoms with Crippen molar-refractivity contribution in [3.8, 4) is 0 Å². The third-order valence-electron chi connectivity index (χ3n) is 11.2. The fourth-order valence-corrected chi connectivity index (χ4v) is 7.24. The lowest BCUT2D eigenvalue weighted by Crippen LogP contribution is -2.60. The van der Waals surface area contributed by atoms with E-state index < -0.39 is 61.3 Å². The van der Waals surface area contributed by atoms with Crippen molar-refractivity contribution >= 4 is 17.9 Å². The number of aliphatic hydroxyl groups is 3. The van der Waals surface area contributed by atoms with Crippen LogP contribution in [0.1, 0.15) is 194 Å². The van der Waals surface area contributed by atoms with Gasteiger partial charge in [0.1, 0.15) is 24.9 Å². The Morgan fingerprint density at radius 2 is 0.909 bits per heavy atom. The molecule has 0 aromatic carbocycles. The van der Waals surface area contributed by atoms with E-state index in [0.717, 1.165) is 57.8 Å². The molecule has 376 valence electrons. The maximum atomic E-state index is 12.8. The molecule has 1 heterocycles. The van der Waals surface area contributed by atoms with Crippen LogP contribution < -0.4 is 0 Å². The Morgan fingerprint density at radius 3 is 1.39 bits per heavy atom. The van der Waals surface area contributed by atoms with Gasteiger partial charge in [-0.3, -0.25) is 9.59 Å². The quantitative estimate of drug-likeness (QED) is 0.0261. The molecule has 4 N–H and O–H groups in total. The van der Waals surface area contributed by atoms with Gasteiger partial charge in [-0.15, -0.1) is 0 Å². The highest BCUT2D eigenvalue weighted by molar-refractivity contribution is 5.73. The summed E-state index contributed by atoms with van der Waals surface area (Å²) in [5, 5.41) is 39.9. The molecule has 1 rings (SSSR count). The van der Waals surface area contributed by atoms with Crippen molar-refractivity contribution in [2.45, 2.75) is 230 Å². The van der Waals surface area contributed by atoms with E-state index in [1.807, 2.05) is 6.08 Å². The van der Waals surface area contributed by atoms with E-state index in [9.17, 15) is 34.8 Å².